The lowest BCUT2D eigenvalue weighted by molar-refractivity contribution is -0.108. The summed E-state index contributed by atoms with van der Waals surface area (Å²) in [6.07, 6.45) is 1.34. The van der Waals surface area contributed by atoms with Crippen LogP contribution in [0.15, 0.2) is 6.07 Å². The molecule has 0 aromatic heterocycles. The second-order valence-electron chi connectivity index (χ2n) is 3.94. The normalized spacial score (nSPS) is 12.1. The Balaban J connectivity index is 3.35. The van der Waals surface area contributed by atoms with Crippen LogP contribution >= 0.6 is 11.6 Å². The first-order valence-electron chi connectivity index (χ1n) is 5.41. The summed E-state index contributed by atoms with van der Waals surface area (Å²) in [6, 6.07) is 1.73. The van der Waals surface area contributed by atoms with E-state index in [4.69, 9.17) is 21.1 Å². The Labute approximate surface area is 107 Å². The molecule has 1 atom stereocenters. The van der Waals surface area contributed by atoms with Crippen LogP contribution in [0.4, 0.5) is 0 Å². The minimum Gasteiger partial charge on any atom is -0.493 e. The number of rotatable bonds is 5. The van der Waals surface area contributed by atoms with Crippen molar-refractivity contribution in [2.75, 3.05) is 14.2 Å². The second-order valence-corrected chi connectivity index (χ2v) is 4.34. The second kappa shape index (κ2) is 5.92. The van der Waals surface area contributed by atoms with Gasteiger partial charge < -0.3 is 14.3 Å². The molecule has 0 amide bonds. The van der Waals surface area contributed by atoms with Crippen molar-refractivity contribution in [2.45, 2.75) is 26.2 Å². The predicted molar refractivity (Wildman–Crippen MR) is 68.4 cm³/mol. The molecule has 0 N–H and O–H groups in total. The minimum atomic E-state index is 0.0693. The lowest BCUT2D eigenvalue weighted by Gasteiger charge is -2.19. The molecule has 94 valence electrons. The van der Waals surface area contributed by atoms with E-state index in [0.29, 0.717) is 22.9 Å². The largest absolute Gasteiger partial charge is 0.493 e. The fraction of sp³-hybridized carbons (Fsp3) is 0.462. The van der Waals surface area contributed by atoms with Crippen molar-refractivity contribution in [1.29, 1.82) is 0 Å². The summed E-state index contributed by atoms with van der Waals surface area (Å²) in [5, 5.41) is 0.606. The standard InChI is InChI=1S/C13H17ClO3/c1-8(5-6-15)12-9(2)13(17-4)11(16-3)7-10(12)14/h6-8H,5H2,1-4H3. The maximum atomic E-state index is 10.6. The summed E-state index contributed by atoms with van der Waals surface area (Å²) in [5.74, 6) is 1.35. The van der Waals surface area contributed by atoms with Gasteiger partial charge in [-0.15, -0.1) is 0 Å². The van der Waals surface area contributed by atoms with Crippen LogP contribution in [0.25, 0.3) is 0 Å². The van der Waals surface area contributed by atoms with Crippen molar-refractivity contribution in [3.05, 3.63) is 22.2 Å². The van der Waals surface area contributed by atoms with Crippen LogP contribution in [0, 0.1) is 6.92 Å². The van der Waals surface area contributed by atoms with Crippen molar-refractivity contribution in [2.24, 2.45) is 0 Å². The molecule has 3 nitrogen and oxygen atoms in total. The van der Waals surface area contributed by atoms with Gasteiger partial charge in [0, 0.05) is 17.5 Å². The SMILES string of the molecule is COc1cc(Cl)c(C(C)CC=O)c(C)c1OC. The first kappa shape index (κ1) is 13.8. The molecule has 0 radical (unpaired) electrons. The van der Waals surface area contributed by atoms with E-state index < -0.39 is 0 Å². The smallest absolute Gasteiger partial charge is 0.164 e. The first-order valence-corrected chi connectivity index (χ1v) is 5.79. The topological polar surface area (TPSA) is 35.5 Å². The molecule has 0 aliphatic heterocycles. The lowest BCUT2D eigenvalue weighted by atomic mass is 9.93. The van der Waals surface area contributed by atoms with Gasteiger partial charge in [0.05, 0.1) is 14.2 Å². The predicted octanol–water partition coefficient (Wildman–Crippen LogP) is 3.36. The number of methoxy groups -OCH3 is 2. The van der Waals surface area contributed by atoms with Gasteiger partial charge in [0.15, 0.2) is 11.5 Å². The van der Waals surface area contributed by atoms with Gasteiger partial charge in [-0.1, -0.05) is 18.5 Å². The van der Waals surface area contributed by atoms with Gasteiger partial charge >= 0.3 is 0 Å². The maximum Gasteiger partial charge on any atom is 0.164 e. The van der Waals surface area contributed by atoms with E-state index in [-0.39, 0.29) is 5.92 Å². The molecular weight excluding hydrogens is 240 g/mol. The molecule has 4 heteroatoms. The van der Waals surface area contributed by atoms with Gasteiger partial charge in [-0.2, -0.15) is 0 Å². The number of halogens is 1. The van der Waals surface area contributed by atoms with E-state index in [1.165, 1.54) is 0 Å². The van der Waals surface area contributed by atoms with Gasteiger partial charge in [0.1, 0.15) is 6.29 Å². The molecule has 0 heterocycles. The molecule has 0 aliphatic rings. The molecule has 1 aromatic rings. The number of carbonyl (C=O) groups excluding carboxylic acids is 1. The number of hydrogen-bond acceptors (Lipinski definition) is 3. The van der Waals surface area contributed by atoms with E-state index in [1.807, 2.05) is 13.8 Å². The quantitative estimate of drug-likeness (QED) is 0.758. The summed E-state index contributed by atoms with van der Waals surface area (Å²) in [4.78, 5) is 10.6. The Bertz CT molecular complexity index is 416. The Morgan fingerprint density at radius 3 is 2.53 bits per heavy atom. The molecule has 1 unspecified atom stereocenters. The average Bonchev–Trinajstić information content (AvgIpc) is 2.28. The summed E-state index contributed by atoms with van der Waals surface area (Å²) in [7, 11) is 3.16. The van der Waals surface area contributed by atoms with Crippen LogP contribution in [0.5, 0.6) is 11.5 Å². The maximum absolute atomic E-state index is 10.6. The van der Waals surface area contributed by atoms with E-state index in [2.05, 4.69) is 0 Å². The fourth-order valence-corrected chi connectivity index (χ4v) is 2.44. The van der Waals surface area contributed by atoms with Gasteiger partial charge in [0.2, 0.25) is 0 Å². The third-order valence-corrected chi connectivity index (χ3v) is 3.16. The highest BCUT2D eigenvalue weighted by Crippen LogP contribution is 2.41. The molecule has 17 heavy (non-hydrogen) atoms. The minimum absolute atomic E-state index is 0.0693. The van der Waals surface area contributed by atoms with Crippen LogP contribution in [0.3, 0.4) is 0 Å². The fourth-order valence-electron chi connectivity index (χ4n) is 2.02. The monoisotopic (exact) mass is 256 g/mol. The van der Waals surface area contributed by atoms with Crippen molar-refractivity contribution < 1.29 is 14.3 Å². The number of aldehydes is 1. The number of ether oxygens (including phenoxy) is 2. The zero-order valence-corrected chi connectivity index (χ0v) is 11.3. The number of benzene rings is 1. The third kappa shape index (κ3) is 2.72. The van der Waals surface area contributed by atoms with Crippen molar-refractivity contribution in [3.63, 3.8) is 0 Å². The highest BCUT2D eigenvalue weighted by Gasteiger charge is 2.19. The molecule has 1 rings (SSSR count). The van der Waals surface area contributed by atoms with Gasteiger partial charge in [-0.05, 0) is 24.0 Å². The zero-order valence-electron chi connectivity index (χ0n) is 10.5. The molecule has 0 aliphatic carbocycles. The van der Waals surface area contributed by atoms with Crippen molar-refractivity contribution in [1.82, 2.24) is 0 Å². The van der Waals surface area contributed by atoms with E-state index in [9.17, 15) is 4.79 Å². The first-order chi connectivity index (χ1) is 8.06. The third-order valence-electron chi connectivity index (χ3n) is 2.85. The van der Waals surface area contributed by atoms with Crippen LogP contribution < -0.4 is 9.47 Å². The summed E-state index contributed by atoms with van der Waals surface area (Å²) < 4.78 is 10.5. The lowest BCUT2D eigenvalue weighted by Crippen LogP contribution is -2.03. The molecule has 0 bridgehead atoms. The van der Waals surface area contributed by atoms with Gasteiger partial charge in [-0.3, -0.25) is 0 Å². The van der Waals surface area contributed by atoms with Crippen molar-refractivity contribution in [3.8, 4) is 11.5 Å². The van der Waals surface area contributed by atoms with Gasteiger partial charge in [-0.25, -0.2) is 0 Å². The molecule has 1 aromatic carbocycles. The molecule has 0 spiro atoms. The molecule has 0 saturated carbocycles. The van der Waals surface area contributed by atoms with Gasteiger partial charge in [0.25, 0.3) is 0 Å². The highest BCUT2D eigenvalue weighted by molar-refractivity contribution is 6.31. The number of carbonyl (C=O) groups is 1. The van der Waals surface area contributed by atoms with Crippen LogP contribution in [0.2, 0.25) is 5.02 Å². The Kier molecular flexibility index (Phi) is 4.82. The van der Waals surface area contributed by atoms with Crippen LogP contribution in [-0.2, 0) is 4.79 Å². The summed E-state index contributed by atoms with van der Waals surface area (Å²) in [5.41, 5.74) is 1.86. The number of hydrogen-bond donors (Lipinski definition) is 0. The molecule has 0 fully saturated rings. The van der Waals surface area contributed by atoms with Crippen LogP contribution in [0.1, 0.15) is 30.4 Å². The molecular formula is C13H17ClO3. The molecule has 0 saturated heterocycles. The average molecular weight is 257 g/mol. The van der Waals surface area contributed by atoms with E-state index in [1.54, 1.807) is 20.3 Å². The summed E-state index contributed by atoms with van der Waals surface area (Å²) >= 11 is 6.22. The Hall–Kier alpha value is -1.22. The Morgan fingerprint density at radius 2 is 2.06 bits per heavy atom. The zero-order chi connectivity index (χ0) is 13.0. The Morgan fingerprint density at radius 1 is 1.41 bits per heavy atom. The van der Waals surface area contributed by atoms with E-state index >= 15 is 0 Å². The van der Waals surface area contributed by atoms with E-state index in [0.717, 1.165) is 17.4 Å². The summed E-state index contributed by atoms with van der Waals surface area (Å²) in [6.45, 7) is 3.89. The highest BCUT2D eigenvalue weighted by atomic mass is 35.5. The van der Waals surface area contributed by atoms with Crippen molar-refractivity contribution >= 4 is 17.9 Å². The van der Waals surface area contributed by atoms with Crippen LogP contribution in [-0.4, -0.2) is 20.5 Å².